The van der Waals surface area contributed by atoms with E-state index in [1.165, 1.54) is 13.0 Å². The summed E-state index contributed by atoms with van der Waals surface area (Å²) in [6.45, 7) is 1.17. The van der Waals surface area contributed by atoms with Crippen LogP contribution < -0.4 is 0 Å². The third-order valence-electron chi connectivity index (χ3n) is 1.91. The molecule has 0 saturated heterocycles. The maximum Gasteiger partial charge on any atom is 0.332 e. The second kappa shape index (κ2) is 6.02. The number of benzene rings is 1. The van der Waals surface area contributed by atoms with Gasteiger partial charge in [-0.2, -0.15) is 8.42 Å². The van der Waals surface area contributed by atoms with E-state index in [4.69, 9.17) is 5.11 Å². The number of hydrogen-bond acceptors (Lipinski definition) is 4. The van der Waals surface area contributed by atoms with E-state index in [-0.39, 0.29) is 5.57 Å². The summed E-state index contributed by atoms with van der Waals surface area (Å²) in [5, 5.41) is 9.10. The van der Waals surface area contributed by atoms with Gasteiger partial charge in [-0.25, -0.2) is 4.79 Å². The van der Waals surface area contributed by atoms with Crippen molar-refractivity contribution >= 4 is 22.2 Å². The zero-order valence-electron chi connectivity index (χ0n) is 9.61. The lowest BCUT2D eigenvalue weighted by Gasteiger charge is -1.98. The molecule has 96 valence electrons. The lowest BCUT2D eigenvalue weighted by molar-refractivity contribution is -0.132. The summed E-state index contributed by atoms with van der Waals surface area (Å²) in [5.41, 5.74) is 0.453. The van der Waals surface area contributed by atoms with Crippen LogP contribution >= 0.6 is 0 Å². The van der Waals surface area contributed by atoms with Crippen LogP contribution in [0.2, 0.25) is 0 Å². The highest BCUT2D eigenvalue weighted by atomic mass is 32.2. The van der Waals surface area contributed by atoms with E-state index < -0.39 is 16.1 Å². The fourth-order valence-electron chi connectivity index (χ4n) is 1.04. The van der Waals surface area contributed by atoms with Crippen LogP contribution in [0.5, 0.6) is 0 Å². The van der Waals surface area contributed by atoms with E-state index in [0.717, 1.165) is 11.8 Å². The fraction of sp³-hybridized carbons (Fsp3) is 0.0833. The van der Waals surface area contributed by atoms with Crippen LogP contribution in [0.25, 0.3) is 6.08 Å². The van der Waals surface area contributed by atoms with Crippen LogP contribution in [0.4, 0.5) is 0 Å². The van der Waals surface area contributed by atoms with Gasteiger partial charge in [-0.3, -0.25) is 0 Å². The normalized spacial score (nSPS) is 12.6. The highest BCUT2D eigenvalue weighted by molar-refractivity contribution is 7.89. The third-order valence-corrected chi connectivity index (χ3v) is 2.93. The summed E-state index contributed by atoms with van der Waals surface area (Å²) in [7, 11) is -4.03. The molecular formula is C12H12O5S. The molecule has 0 aliphatic rings. The summed E-state index contributed by atoms with van der Waals surface area (Å²) in [6.07, 6.45) is 2.46. The molecule has 0 fully saturated rings. The van der Waals surface area contributed by atoms with Crippen LogP contribution in [-0.2, 0) is 19.1 Å². The predicted octanol–water partition coefficient (Wildman–Crippen LogP) is 1.99. The third kappa shape index (κ3) is 4.84. The first kappa shape index (κ1) is 14.0. The first-order valence-corrected chi connectivity index (χ1v) is 6.44. The van der Waals surface area contributed by atoms with Crippen molar-refractivity contribution in [3.8, 4) is 0 Å². The van der Waals surface area contributed by atoms with Gasteiger partial charge in [-0.1, -0.05) is 30.3 Å². The van der Waals surface area contributed by atoms with Crippen LogP contribution in [0.15, 0.2) is 47.6 Å². The van der Waals surface area contributed by atoms with Gasteiger partial charge in [0, 0.05) is 5.57 Å². The lowest BCUT2D eigenvalue weighted by Crippen LogP contribution is -2.03. The van der Waals surface area contributed by atoms with Gasteiger partial charge in [0.2, 0.25) is 0 Å². The molecule has 0 aliphatic carbocycles. The zero-order chi connectivity index (χ0) is 13.6. The lowest BCUT2D eigenvalue weighted by atomic mass is 10.2. The maximum absolute atomic E-state index is 11.3. The summed E-state index contributed by atoms with van der Waals surface area (Å²) in [4.78, 5) is 10.5. The Bertz CT molecular complexity index is 570. The minimum Gasteiger partial charge on any atom is -0.478 e. The van der Waals surface area contributed by atoms with Crippen LogP contribution in [-0.4, -0.2) is 19.5 Å². The van der Waals surface area contributed by atoms with Crippen molar-refractivity contribution in [2.75, 3.05) is 0 Å². The number of carbonyl (C=O) groups is 1. The molecule has 0 bridgehead atoms. The molecule has 1 rings (SSSR count). The Morgan fingerprint density at radius 1 is 1.28 bits per heavy atom. The molecule has 18 heavy (non-hydrogen) atoms. The smallest absolute Gasteiger partial charge is 0.332 e. The molecular weight excluding hydrogens is 256 g/mol. The van der Waals surface area contributed by atoms with Crippen molar-refractivity contribution in [2.24, 2.45) is 0 Å². The topological polar surface area (TPSA) is 80.7 Å². The van der Waals surface area contributed by atoms with E-state index >= 15 is 0 Å². The van der Waals surface area contributed by atoms with Gasteiger partial charge < -0.3 is 9.29 Å². The average Bonchev–Trinajstić information content (AvgIpc) is 2.29. The van der Waals surface area contributed by atoms with Crippen molar-refractivity contribution < 1.29 is 22.5 Å². The molecule has 0 unspecified atom stereocenters. The molecule has 0 radical (unpaired) electrons. The van der Waals surface area contributed by atoms with Gasteiger partial charge in [0.25, 0.3) is 0 Å². The molecule has 0 aliphatic heterocycles. The van der Waals surface area contributed by atoms with Gasteiger partial charge >= 0.3 is 16.1 Å². The summed E-state index contributed by atoms with van der Waals surface area (Å²) < 4.78 is 27.2. The van der Waals surface area contributed by atoms with Gasteiger partial charge in [0.1, 0.15) is 6.26 Å². The largest absolute Gasteiger partial charge is 0.478 e. The first-order valence-electron chi connectivity index (χ1n) is 4.97. The zero-order valence-corrected chi connectivity index (χ0v) is 10.4. The van der Waals surface area contributed by atoms with Gasteiger partial charge in [-0.05, 0) is 18.6 Å². The molecule has 1 aromatic rings. The maximum atomic E-state index is 11.3. The summed E-state index contributed by atoms with van der Waals surface area (Å²) in [5.74, 6) is -1.31. The van der Waals surface area contributed by atoms with Crippen molar-refractivity contribution in [3.05, 3.63) is 53.1 Å². The van der Waals surface area contributed by atoms with Crippen molar-refractivity contribution in [1.82, 2.24) is 0 Å². The minimum atomic E-state index is -4.03. The van der Waals surface area contributed by atoms with Gasteiger partial charge in [0.15, 0.2) is 0 Å². The number of aliphatic carboxylic acids is 1. The Kier molecular flexibility index (Phi) is 4.67. The van der Waals surface area contributed by atoms with Crippen molar-refractivity contribution in [1.29, 1.82) is 0 Å². The molecule has 0 spiro atoms. The molecule has 1 N–H and O–H groups in total. The second-order valence-corrected chi connectivity index (χ2v) is 4.82. The molecule has 0 atom stereocenters. The molecule has 0 amide bonds. The second-order valence-electron chi connectivity index (χ2n) is 3.41. The SMILES string of the molecule is CC(=CS(=O)(=O)OC=Cc1ccccc1)C(=O)O. The standard InChI is InChI=1S/C12H12O5S/c1-10(12(13)14)9-18(15,16)17-8-7-11-5-3-2-4-6-11/h2-9H,1H3,(H,13,14). The quantitative estimate of drug-likeness (QED) is 0.502. The van der Waals surface area contributed by atoms with Crippen molar-refractivity contribution in [3.63, 3.8) is 0 Å². The van der Waals surface area contributed by atoms with E-state index in [2.05, 4.69) is 4.18 Å². The Hall–Kier alpha value is -2.08. The Morgan fingerprint density at radius 3 is 2.44 bits per heavy atom. The minimum absolute atomic E-state index is 0.317. The Labute approximate surface area is 105 Å². The Balaban J connectivity index is 2.72. The number of rotatable bonds is 5. The van der Waals surface area contributed by atoms with E-state index in [1.54, 1.807) is 24.3 Å². The predicted molar refractivity (Wildman–Crippen MR) is 66.9 cm³/mol. The van der Waals surface area contributed by atoms with Crippen molar-refractivity contribution in [2.45, 2.75) is 6.92 Å². The molecule has 0 aromatic heterocycles. The molecule has 0 saturated carbocycles. The highest BCUT2D eigenvalue weighted by Crippen LogP contribution is 2.05. The molecule has 0 heterocycles. The van der Waals surface area contributed by atoms with E-state index in [1.807, 2.05) is 6.07 Å². The average molecular weight is 268 g/mol. The fourth-order valence-corrected chi connectivity index (χ4v) is 1.84. The van der Waals surface area contributed by atoms with Crippen LogP contribution in [0.1, 0.15) is 12.5 Å². The molecule has 5 nitrogen and oxygen atoms in total. The van der Waals surface area contributed by atoms with Gasteiger partial charge in [-0.15, -0.1) is 0 Å². The van der Waals surface area contributed by atoms with E-state index in [9.17, 15) is 13.2 Å². The Morgan fingerprint density at radius 2 is 1.89 bits per heavy atom. The number of carboxylic acids is 1. The first-order chi connectivity index (χ1) is 8.41. The summed E-state index contributed by atoms with van der Waals surface area (Å²) in [6, 6.07) is 8.95. The van der Waals surface area contributed by atoms with Gasteiger partial charge in [0.05, 0.1) is 5.41 Å². The highest BCUT2D eigenvalue weighted by Gasteiger charge is 2.09. The molecule has 1 aromatic carbocycles. The van der Waals surface area contributed by atoms with Crippen LogP contribution in [0, 0.1) is 0 Å². The molecule has 6 heteroatoms. The monoisotopic (exact) mass is 268 g/mol. The summed E-state index contributed by atoms with van der Waals surface area (Å²) >= 11 is 0. The van der Waals surface area contributed by atoms with E-state index in [0.29, 0.717) is 5.41 Å². The number of hydrogen-bond donors (Lipinski definition) is 1. The van der Waals surface area contributed by atoms with Crippen LogP contribution in [0.3, 0.4) is 0 Å². The number of carboxylic acid groups (broad SMARTS) is 1.